The predicted molar refractivity (Wildman–Crippen MR) is 143 cm³/mol. The zero-order valence-corrected chi connectivity index (χ0v) is 22.5. The minimum absolute atomic E-state index is 0.0736. The molecule has 2 aromatic carbocycles. The van der Waals surface area contributed by atoms with Gasteiger partial charge < -0.3 is 29.5 Å². The number of methoxy groups -OCH3 is 2. The molecule has 3 N–H and O–H groups in total. The first kappa shape index (κ1) is 28.4. The van der Waals surface area contributed by atoms with Gasteiger partial charge in [-0.1, -0.05) is 35.4 Å². The number of carbonyl (C=O) groups excluding carboxylic acids is 2. The van der Waals surface area contributed by atoms with Gasteiger partial charge in [0, 0.05) is 12.0 Å². The van der Waals surface area contributed by atoms with Crippen LogP contribution >= 0.6 is 0 Å². The van der Waals surface area contributed by atoms with Crippen LogP contribution in [0.5, 0.6) is 17.2 Å². The molecule has 8 nitrogen and oxygen atoms in total. The van der Waals surface area contributed by atoms with Gasteiger partial charge in [0.15, 0.2) is 11.5 Å². The summed E-state index contributed by atoms with van der Waals surface area (Å²) in [6.07, 6.45) is 4.49. The van der Waals surface area contributed by atoms with Crippen LogP contribution in [0, 0.1) is 0 Å². The molecule has 1 heterocycles. The Morgan fingerprint density at radius 2 is 1.55 bits per heavy atom. The van der Waals surface area contributed by atoms with E-state index in [1.165, 1.54) is 26.4 Å². The van der Waals surface area contributed by atoms with E-state index in [0.29, 0.717) is 29.5 Å². The van der Waals surface area contributed by atoms with E-state index in [0.717, 1.165) is 11.1 Å². The van der Waals surface area contributed by atoms with Crippen molar-refractivity contribution in [1.29, 1.82) is 0 Å². The molecule has 3 rings (SSSR count). The predicted octanol–water partition coefficient (Wildman–Crippen LogP) is 4.89. The van der Waals surface area contributed by atoms with E-state index in [2.05, 4.69) is 0 Å². The summed E-state index contributed by atoms with van der Waals surface area (Å²) >= 11 is 0. The van der Waals surface area contributed by atoms with Crippen LogP contribution < -0.4 is 0 Å². The second-order valence-corrected chi connectivity index (χ2v) is 9.73. The number of ether oxygens (including phenoxy) is 3. The number of esters is 2. The van der Waals surface area contributed by atoms with E-state index in [9.17, 15) is 24.9 Å². The molecule has 0 aromatic heterocycles. The second kappa shape index (κ2) is 11.5. The van der Waals surface area contributed by atoms with Crippen LogP contribution in [-0.4, -0.2) is 47.1 Å². The number of allylic oxidation sites excluding steroid dienone is 4. The van der Waals surface area contributed by atoms with Gasteiger partial charge in [0.2, 0.25) is 11.4 Å². The van der Waals surface area contributed by atoms with Crippen LogP contribution in [0.15, 0.2) is 59.4 Å². The summed E-state index contributed by atoms with van der Waals surface area (Å²) < 4.78 is 16.2. The first-order valence-electron chi connectivity index (χ1n) is 12.2. The maximum atomic E-state index is 13.4. The Kier molecular flexibility index (Phi) is 8.56. The van der Waals surface area contributed by atoms with Crippen molar-refractivity contribution >= 4 is 17.5 Å². The number of phenolic OH excluding ortho intramolecular Hbond substituents is 3. The molecule has 0 amide bonds. The number of hydrogen-bond donors (Lipinski definition) is 3. The highest BCUT2D eigenvalue weighted by Crippen LogP contribution is 2.46. The number of benzene rings is 2. The Balaban J connectivity index is 2.23. The molecular formula is C30H34O8. The Bertz CT molecular complexity index is 1340. The third-order valence-corrected chi connectivity index (χ3v) is 6.32. The molecule has 8 heteroatoms. The van der Waals surface area contributed by atoms with E-state index >= 15 is 0 Å². The summed E-state index contributed by atoms with van der Waals surface area (Å²) in [5.74, 6) is -2.55. The average Bonchev–Trinajstić information content (AvgIpc) is 3.15. The van der Waals surface area contributed by atoms with E-state index in [1.54, 1.807) is 18.2 Å². The molecule has 1 unspecified atom stereocenters. The fraction of sp³-hybridized carbons (Fsp3) is 0.333. The smallest absolute Gasteiger partial charge is 0.375 e. The Morgan fingerprint density at radius 1 is 0.921 bits per heavy atom. The van der Waals surface area contributed by atoms with Crippen molar-refractivity contribution < 1.29 is 39.1 Å². The zero-order valence-electron chi connectivity index (χ0n) is 22.5. The molecule has 0 fully saturated rings. The largest absolute Gasteiger partial charge is 0.508 e. The second-order valence-electron chi connectivity index (χ2n) is 9.73. The Hall–Kier alpha value is -4.20. The van der Waals surface area contributed by atoms with Crippen LogP contribution in [-0.2, 0) is 43.1 Å². The van der Waals surface area contributed by atoms with Gasteiger partial charge in [0.1, 0.15) is 5.75 Å². The van der Waals surface area contributed by atoms with Crippen LogP contribution in [0.25, 0.3) is 5.57 Å². The summed E-state index contributed by atoms with van der Waals surface area (Å²) in [7, 11) is 2.47. The van der Waals surface area contributed by atoms with Crippen molar-refractivity contribution in [2.24, 2.45) is 0 Å². The van der Waals surface area contributed by atoms with Crippen molar-refractivity contribution in [1.82, 2.24) is 0 Å². The topological polar surface area (TPSA) is 123 Å². The lowest BCUT2D eigenvalue weighted by molar-refractivity contribution is -0.169. The molecule has 0 aliphatic carbocycles. The third kappa shape index (κ3) is 5.69. The van der Waals surface area contributed by atoms with Gasteiger partial charge in [-0.2, -0.15) is 0 Å². The highest BCUT2D eigenvalue weighted by Gasteiger charge is 2.56. The van der Waals surface area contributed by atoms with Gasteiger partial charge in [-0.15, -0.1) is 0 Å². The molecule has 0 saturated carbocycles. The maximum Gasteiger partial charge on any atom is 0.375 e. The highest BCUT2D eigenvalue weighted by atomic mass is 16.6. The lowest BCUT2D eigenvalue weighted by Crippen LogP contribution is -2.44. The van der Waals surface area contributed by atoms with E-state index in [1.807, 2.05) is 39.8 Å². The summed E-state index contributed by atoms with van der Waals surface area (Å²) in [5, 5.41) is 31.4. The molecule has 1 aliphatic rings. The van der Waals surface area contributed by atoms with E-state index in [-0.39, 0.29) is 34.8 Å². The minimum atomic E-state index is -1.95. The van der Waals surface area contributed by atoms with Gasteiger partial charge in [-0.25, -0.2) is 9.59 Å². The first-order valence-corrected chi connectivity index (χ1v) is 12.2. The molecule has 0 bridgehead atoms. The number of phenols is 3. The molecule has 1 aliphatic heterocycles. The molecule has 38 heavy (non-hydrogen) atoms. The number of hydrogen-bond acceptors (Lipinski definition) is 8. The van der Waals surface area contributed by atoms with Gasteiger partial charge in [0.25, 0.3) is 0 Å². The molecular weight excluding hydrogens is 488 g/mol. The van der Waals surface area contributed by atoms with Crippen molar-refractivity contribution in [2.45, 2.75) is 52.6 Å². The van der Waals surface area contributed by atoms with Crippen LogP contribution in [0.3, 0.4) is 0 Å². The molecule has 1 atom stereocenters. The number of cyclic esters (lactones) is 1. The first-order chi connectivity index (χ1) is 17.9. The van der Waals surface area contributed by atoms with Gasteiger partial charge in [0.05, 0.1) is 19.8 Å². The lowest BCUT2D eigenvalue weighted by Gasteiger charge is -2.28. The van der Waals surface area contributed by atoms with Crippen molar-refractivity contribution in [3.63, 3.8) is 0 Å². The Labute approximate surface area is 222 Å². The van der Waals surface area contributed by atoms with Crippen LogP contribution in [0.1, 0.15) is 49.9 Å². The zero-order chi connectivity index (χ0) is 28.2. The number of aromatic hydroxyl groups is 3. The molecule has 2 aromatic rings. The fourth-order valence-corrected chi connectivity index (χ4v) is 4.40. The lowest BCUT2D eigenvalue weighted by atomic mass is 9.82. The van der Waals surface area contributed by atoms with Crippen LogP contribution in [0.4, 0.5) is 0 Å². The minimum Gasteiger partial charge on any atom is -0.508 e. The molecule has 0 spiro atoms. The van der Waals surface area contributed by atoms with Gasteiger partial charge in [-0.3, -0.25) is 0 Å². The number of carbonyl (C=O) groups is 2. The highest BCUT2D eigenvalue weighted by molar-refractivity contribution is 6.11. The molecule has 202 valence electrons. The van der Waals surface area contributed by atoms with Gasteiger partial charge in [-0.05, 0) is 75.4 Å². The summed E-state index contributed by atoms with van der Waals surface area (Å²) in [5.41, 5.74) is 2.09. The summed E-state index contributed by atoms with van der Waals surface area (Å²) in [6.45, 7) is 7.71. The number of rotatable bonds is 9. The van der Waals surface area contributed by atoms with Gasteiger partial charge >= 0.3 is 11.9 Å². The molecule has 0 radical (unpaired) electrons. The SMILES string of the molecule is COC(=O)C1(Cc2ccc(O)c(CC=C(C)C)c2)OC(=O)C(OC)=C1c1cc(O)c(O)c(CC=C(C)C)c1. The maximum absolute atomic E-state index is 13.4. The van der Waals surface area contributed by atoms with E-state index in [4.69, 9.17) is 14.2 Å². The third-order valence-electron chi connectivity index (χ3n) is 6.32. The van der Waals surface area contributed by atoms with Crippen molar-refractivity contribution in [3.05, 3.63) is 81.6 Å². The van der Waals surface area contributed by atoms with Crippen LogP contribution in [0.2, 0.25) is 0 Å². The Morgan fingerprint density at radius 3 is 2.13 bits per heavy atom. The summed E-state index contributed by atoms with van der Waals surface area (Å²) in [4.78, 5) is 26.4. The molecule has 0 saturated heterocycles. The fourth-order valence-electron chi connectivity index (χ4n) is 4.40. The van der Waals surface area contributed by atoms with Crippen molar-refractivity contribution in [2.75, 3.05) is 14.2 Å². The normalized spacial score (nSPS) is 16.6. The standard InChI is InChI=1S/C30H34O8/c1-17(2)7-10-20-13-19(9-12-23(20)31)16-30(29(35)37-6)25(27(36-5)28(34)38-30)22-14-21(11-8-18(3)4)26(33)24(32)15-22/h7-9,12-15,31-33H,10-11,16H2,1-6H3. The summed E-state index contributed by atoms with van der Waals surface area (Å²) in [6, 6.07) is 7.74. The quantitative estimate of drug-likeness (QED) is 0.242. The van der Waals surface area contributed by atoms with E-state index < -0.39 is 23.3 Å². The monoisotopic (exact) mass is 522 g/mol. The average molecular weight is 523 g/mol. The van der Waals surface area contributed by atoms with Crippen molar-refractivity contribution in [3.8, 4) is 17.2 Å².